The second kappa shape index (κ2) is 8.61. The summed E-state index contributed by atoms with van der Waals surface area (Å²) >= 11 is 0. The predicted molar refractivity (Wildman–Crippen MR) is 117 cm³/mol. The zero-order valence-corrected chi connectivity index (χ0v) is 17.7. The summed E-state index contributed by atoms with van der Waals surface area (Å²) in [6.07, 6.45) is 3.34. The molecule has 1 N–H and O–H groups in total. The summed E-state index contributed by atoms with van der Waals surface area (Å²) in [5, 5.41) is 7.57. The minimum atomic E-state index is -0.344. The molecule has 0 atom stereocenters. The molecule has 5 rings (SSSR count). The standard InChI is InChI=1S/C21H23N7O4/c1-31-13-18-23-21(25-24-18)28-5-3-17-15(20(28)30)12-14-16(22-17)2-4-27(19(14)29)7-6-26-8-10-32-11-9-26/h2-5,12H,6-11,13H2,1H3,(H,23,24,25). The molecule has 0 bridgehead atoms. The Morgan fingerprint density at radius 3 is 2.56 bits per heavy atom. The van der Waals surface area contributed by atoms with Crippen molar-refractivity contribution in [2.24, 2.45) is 0 Å². The summed E-state index contributed by atoms with van der Waals surface area (Å²) in [6.45, 7) is 4.73. The third kappa shape index (κ3) is 3.81. The fraction of sp³-hybridized carbons (Fsp3) is 0.381. The minimum Gasteiger partial charge on any atom is -0.379 e. The van der Waals surface area contributed by atoms with Gasteiger partial charge in [0.2, 0.25) is 0 Å². The molecule has 1 aliphatic rings. The van der Waals surface area contributed by atoms with Gasteiger partial charge in [0.1, 0.15) is 6.61 Å². The van der Waals surface area contributed by atoms with Crippen molar-refractivity contribution >= 4 is 21.8 Å². The van der Waals surface area contributed by atoms with E-state index in [2.05, 4.69) is 25.1 Å². The number of morpholine rings is 1. The van der Waals surface area contributed by atoms with Crippen LogP contribution in [0.1, 0.15) is 5.82 Å². The topological polar surface area (TPSA) is 120 Å². The predicted octanol–water partition coefficient (Wildman–Crippen LogP) is 0.297. The second-order valence-electron chi connectivity index (χ2n) is 7.63. The van der Waals surface area contributed by atoms with E-state index in [0.717, 1.165) is 19.6 Å². The van der Waals surface area contributed by atoms with Crippen LogP contribution in [0.5, 0.6) is 0 Å². The number of aromatic nitrogens is 6. The van der Waals surface area contributed by atoms with Crippen LogP contribution in [-0.2, 0) is 22.6 Å². The van der Waals surface area contributed by atoms with Crippen LogP contribution in [0.3, 0.4) is 0 Å². The molecule has 0 spiro atoms. The lowest BCUT2D eigenvalue weighted by Gasteiger charge is -2.26. The Morgan fingerprint density at radius 1 is 1.03 bits per heavy atom. The Labute approximate surface area is 182 Å². The summed E-state index contributed by atoms with van der Waals surface area (Å²) in [6, 6.07) is 5.15. The first-order valence-corrected chi connectivity index (χ1v) is 10.4. The van der Waals surface area contributed by atoms with E-state index in [1.54, 1.807) is 36.2 Å². The lowest BCUT2D eigenvalue weighted by atomic mass is 10.2. The first-order chi connectivity index (χ1) is 15.6. The summed E-state index contributed by atoms with van der Waals surface area (Å²) in [7, 11) is 1.55. The highest BCUT2D eigenvalue weighted by Crippen LogP contribution is 2.15. The van der Waals surface area contributed by atoms with E-state index >= 15 is 0 Å². The van der Waals surface area contributed by atoms with Gasteiger partial charge in [0, 0.05) is 45.7 Å². The number of pyridine rings is 3. The molecular weight excluding hydrogens is 414 g/mol. The average molecular weight is 437 g/mol. The monoisotopic (exact) mass is 437 g/mol. The highest BCUT2D eigenvalue weighted by molar-refractivity contribution is 5.91. The van der Waals surface area contributed by atoms with Crippen LogP contribution in [0, 0.1) is 0 Å². The number of aromatic amines is 1. The molecule has 1 aliphatic heterocycles. The number of nitrogens with zero attached hydrogens (tertiary/aromatic N) is 6. The lowest BCUT2D eigenvalue weighted by molar-refractivity contribution is 0.0363. The van der Waals surface area contributed by atoms with Gasteiger partial charge >= 0.3 is 0 Å². The molecule has 11 heteroatoms. The van der Waals surface area contributed by atoms with E-state index in [9.17, 15) is 9.59 Å². The second-order valence-corrected chi connectivity index (χ2v) is 7.63. The summed E-state index contributed by atoms with van der Waals surface area (Å²) in [5.74, 6) is 0.717. The molecule has 1 fully saturated rings. The Bertz CT molecular complexity index is 1380. The molecule has 32 heavy (non-hydrogen) atoms. The van der Waals surface area contributed by atoms with Crippen molar-refractivity contribution in [2.45, 2.75) is 13.2 Å². The van der Waals surface area contributed by atoms with Gasteiger partial charge in [-0.3, -0.25) is 19.6 Å². The molecule has 5 heterocycles. The maximum atomic E-state index is 13.1. The summed E-state index contributed by atoms with van der Waals surface area (Å²) in [5.41, 5.74) is 0.558. The summed E-state index contributed by atoms with van der Waals surface area (Å²) < 4.78 is 13.4. The third-order valence-electron chi connectivity index (χ3n) is 5.59. The lowest BCUT2D eigenvalue weighted by Crippen LogP contribution is -2.39. The highest BCUT2D eigenvalue weighted by atomic mass is 16.5. The molecule has 4 aromatic rings. The van der Waals surface area contributed by atoms with Crippen molar-refractivity contribution in [1.82, 2.24) is 34.2 Å². The first-order valence-electron chi connectivity index (χ1n) is 10.4. The molecule has 0 unspecified atom stereocenters. The Morgan fingerprint density at radius 2 is 1.78 bits per heavy atom. The Kier molecular flexibility index (Phi) is 5.52. The normalized spacial score (nSPS) is 15.0. The molecule has 0 aliphatic carbocycles. The van der Waals surface area contributed by atoms with Gasteiger partial charge in [-0.05, 0) is 18.2 Å². The molecule has 0 radical (unpaired) electrons. The number of hydrogen-bond donors (Lipinski definition) is 1. The number of rotatable bonds is 6. The van der Waals surface area contributed by atoms with Gasteiger partial charge in [-0.1, -0.05) is 0 Å². The molecular formula is C21H23N7O4. The van der Waals surface area contributed by atoms with E-state index in [1.165, 1.54) is 4.57 Å². The van der Waals surface area contributed by atoms with Gasteiger partial charge in [0.05, 0.1) is 35.0 Å². The van der Waals surface area contributed by atoms with Crippen molar-refractivity contribution in [3.8, 4) is 5.95 Å². The van der Waals surface area contributed by atoms with Gasteiger partial charge in [0.15, 0.2) is 5.82 Å². The molecule has 166 valence electrons. The van der Waals surface area contributed by atoms with Crippen molar-refractivity contribution in [3.05, 3.63) is 57.1 Å². The van der Waals surface area contributed by atoms with Gasteiger partial charge in [-0.25, -0.2) is 9.55 Å². The zero-order valence-electron chi connectivity index (χ0n) is 17.7. The van der Waals surface area contributed by atoms with E-state index < -0.39 is 0 Å². The molecule has 1 saturated heterocycles. The van der Waals surface area contributed by atoms with Crippen LogP contribution < -0.4 is 11.1 Å². The number of fused-ring (bicyclic) bond motifs is 2. The molecule has 11 nitrogen and oxygen atoms in total. The third-order valence-corrected chi connectivity index (χ3v) is 5.59. The van der Waals surface area contributed by atoms with Gasteiger partial charge < -0.3 is 14.0 Å². The number of hydrogen-bond acceptors (Lipinski definition) is 8. The van der Waals surface area contributed by atoms with Gasteiger partial charge in [-0.15, -0.1) is 5.10 Å². The van der Waals surface area contributed by atoms with Crippen LogP contribution in [0.15, 0.2) is 40.2 Å². The molecule has 4 aromatic heterocycles. The van der Waals surface area contributed by atoms with Crippen LogP contribution in [0.2, 0.25) is 0 Å². The number of nitrogens with one attached hydrogen (secondary N) is 1. The van der Waals surface area contributed by atoms with E-state index in [0.29, 0.717) is 47.4 Å². The zero-order chi connectivity index (χ0) is 22.1. The summed E-state index contributed by atoms with van der Waals surface area (Å²) in [4.78, 5) is 37.3. The van der Waals surface area contributed by atoms with Crippen LogP contribution in [0.25, 0.3) is 27.8 Å². The van der Waals surface area contributed by atoms with E-state index in [4.69, 9.17) is 9.47 Å². The van der Waals surface area contributed by atoms with Gasteiger partial charge in [-0.2, -0.15) is 4.98 Å². The average Bonchev–Trinajstić information content (AvgIpc) is 3.27. The quantitative estimate of drug-likeness (QED) is 0.428. The van der Waals surface area contributed by atoms with Gasteiger partial charge in [0.25, 0.3) is 17.1 Å². The van der Waals surface area contributed by atoms with E-state index in [-0.39, 0.29) is 23.7 Å². The first kappa shape index (κ1) is 20.5. The van der Waals surface area contributed by atoms with Crippen molar-refractivity contribution in [2.75, 3.05) is 40.0 Å². The highest BCUT2D eigenvalue weighted by Gasteiger charge is 2.14. The fourth-order valence-electron chi connectivity index (χ4n) is 3.87. The molecule has 0 amide bonds. The largest absolute Gasteiger partial charge is 0.379 e. The minimum absolute atomic E-state index is 0.166. The van der Waals surface area contributed by atoms with E-state index in [1.807, 2.05) is 6.07 Å². The number of ether oxygens (including phenoxy) is 2. The van der Waals surface area contributed by atoms with Crippen molar-refractivity contribution in [3.63, 3.8) is 0 Å². The molecule has 0 aromatic carbocycles. The maximum Gasteiger partial charge on any atom is 0.267 e. The smallest absolute Gasteiger partial charge is 0.267 e. The van der Waals surface area contributed by atoms with Crippen LogP contribution in [-0.4, -0.2) is 74.2 Å². The van der Waals surface area contributed by atoms with Crippen LogP contribution in [0.4, 0.5) is 0 Å². The number of H-pyrrole nitrogens is 1. The Balaban J connectivity index is 1.52. The maximum absolute atomic E-state index is 13.1. The molecule has 0 saturated carbocycles. The number of methoxy groups -OCH3 is 1. The Hall–Kier alpha value is -3.41. The van der Waals surface area contributed by atoms with Crippen molar-refractivity contribution in [1.29, 1.82) is 0 Å². The fourth-order valence-corrected chi connectivity index (χ4v) is 3.87. The SMILES string of the molecule is COCc1nc(-n2ccc3nc4ccn(CCN5CCOCC5)c(=O)c4cc3c2=O)n[nH]1. The van der Waals surface area contributed by atoms with Crippen LogP contribution >= 0.6 is 0 Å². The van der Waals surface area contributed by atoms with Crippen molar-refractivity contribution < 1.29 is 9.47 Å².